The number of hydrogen-bond acceptors (Lipinski definition) is 0. The lowest BCUT2D eigenvalue weighted by molar-refractivity contribution is 1.51. The molecule has 0 aliphatic rings. The average Bonchev–Trinajstić information content (AvgIpc) is 2.04. The molecule has 2 aromatic carbocycles. The summed E-state index contributed by atoms with van der Waals surface area (Å²) in [6.07, 6.45) is 0. The third kappa shape index (κ3) is 2.61. The predicted molar refractivity (Wildman–Crippen MR) is 63.2 cm³/mol. The van der Waals surface area contributed by atoms with Crippen LogP contribution in [0.15, 0.2) is 42.5 Å². The maximum atomic E-state index is 2.20. The summed E-state index contributed by atoms with van der Waals surface area (Å²) in [6.45, 7) is 2.12. The zero-order chi connectivity index (χ0) is 7.68. The van der Waals surface area contributed by atoms with E-state index in [0.717, 1.165) is 0 Å². The van der Waals surface area contributed by atoms with Gasteiger partial charge in [-0.3, -0.25) is 0 Å². The predicted octanol–water partition coefficient (Wildman–Crippen LogP) is 3.99. The Labute approximate surface area is 90.8 Å². The van der Waals surface area contributed by atoms with Crippen LogP contribution in [0.1, 0.15) is 5.56 Å². The first-order chi connectivity index (χ1) is 5.36. The highest BCUT2D eigenvalue weighted by Gasteiger charge is 1.89. The molecule has 70 valence electrons. The molecule has 0 saturated heterocycles. The molecule has 0 nitrogen and oxygen atoms in total. The van der Waals surface area contributed by atoms with Gasteiger partial charge in [-0.2, -0.15) is 0 Å². The van der Waals surface area contributed by atoms with Crippen molar-refractivity contribution in [1.82, 2.24) is 0 Å². The summed E-state index contributed by atoms with van der Waals surface area (Å²) in [5.41, 5.74) is 1.32. The maximum Gasteiger partial charge on any atom is -0.0181 e. The van der Waals surface area contributed by atoms with E-state index in [4.69, 9.17) is 0 Å². The Balaban J connectivity index is 0.000000720. The molecule has 0 aromatic heterocycles. The largest absolute Gasteiger partial charge is 0.147 e. The summed E-state index contributed by atoms with van der Waals surface area (Å²) < 4.78 is 0. The monoisotopic (exact) mass is 214 g/mol. The summed E-state index contributed by atoms with van der Waals surface area (Å²) in [5, 5.41) is 2.64. The highest BCUT2D eigenvalue weighted by atomic mass is 35.5. The van der Waals surface area contributed by atoms with Crippen molar-refractivity contribution in [3.05, 3.63) is 48.0 Å². The number of halogens is 2. The standard InChI is InChI=1S/C11H10.2ClH/c1-9-6-7-10-4-2-3-5-11(10)8-9;;/h2-8H,1H3;2*1H. The molecule has 13 heavy (non-hydrogen) atoms. The fourth-order valence-electron chi connectivity index (χ4n) is 1.31. The fourth-order valence-corrected chi connectivity index (χ4v) is 1.31. The second-order valence-corrected chi connectivity index (χ2v) is 2.85. The molecule has 0 saturated carbocycles. The van der Waals surface area contributed by atoms with Crippen molar-refractivity contribution in [1.29, 1.82) is 0 Å². The van der Waals surface area contributed by atoms with E-state index in [2.05, 4.69) is 49.4 Å². The molecule has 0 amide bonds. The quantitative estimate of drug-likeness (QED) is 0.623. The Morgan fingerprint density at radius 3 is 2.08 bits per heavy atom. The van der Waals surface area contributed by atoms with Crippen LogP contribution in [0, 0.1) is 6.92 Å². The molecule has 0 bridgehead atoms. The van der Waals surface area contributed by atoms with Crippen molar-refractivity contribution < 1.29 is 0 Å². The van der Waals surface area contributed by atoms with E-state index in [9.17, 15) is 0 Å². The van der Waals surface area contributed by atoms with Crippen molar-refractivity contribution in [3.63, 3.8) is 0 Å². The highest BCUT2D eigenvalue weighted by Crippen LogP contribution is 2.14. The van der Waals surface area contributed by atoms with Crippen LogP contribution in [-0.4, -0.2) is 0 Å². The zero-order valence-corrected chi connectivity index (χ0v) is 8.99. The SMILES string of the molecule is Cc1ccc2ccccc2c1.Cl.Cl. The minimum atomic E-state index is 0. The van der Waals surface area contributed by atoms with Crippen LogP contribution in [0.5, 0.6) is 0 Å². The Morgan fingerprint density at radius 2 is 1.38 bits per heavy atom. The van der Waals surface area contributed by atoms with E-state index >= 15 is 0 Å². The van der Waals surface area contributed by atoms with Crippen molar-refractivity contribution in [2.24, 2.45) is 0 Å². The molecule has 0 fully saturated rings. The minimum Gasteiger partial charge on any atom is -0.147 e. The van der Waals surface area contributed by atoms with Crippen LogP contribution in [0.25, 0.3) is 10.8 Å². The molecule has 0 radical (unpaired) electrons. The number of rotatable bonds is 0. The van der Waals surface area contributed by atoms with Gasteiger partial charge in [-0.15, -0.1) is 24.8 Å². The van der Waals surface area contributed by atoms with Gasteiger partial charge in [0.1, 0.15) is 0 Å². The lowest BCUT2D eigenvalue weighted by Crippen LogP contribution is -1.73. The Morgan fingerprint density at radius 1 is 0.769 bits per heavy atom. The van der Waals surface area contributed by atoms with Gasteiger partial charge in [-0.1, -0.05) is 48.0 Å². The van der Waals surface area contributed by atoms with Crippen LogP contribution in [0.4, 0.5) is 0 Å². The van der Waals surface area contributed by atoms with Gasteiger partial charge in [0, 0.05) is 0 Å². The number of fused-ring (bicyclic) bond motifs is 1. The van der Waals surface area contributed by atoms with Crippen LogP contribution >= 0.6 is 24.8 Å². The van der Waals surface area contributed by atoms with Crippen LogP contribution in [0.2, 0.25) is 0 Å². The Bertz CT molecular complexity index is 383. The third-order valence-corrected chi connectivity index (χ3v) is 1.90. The van der Waals surface area contributed by atoms with Gasteiger partial charge >= 0.3 is 0 Å². The molecule has 0 aliphatic carbocycles. The second-order valence-electron chi connectivity index (χ2n) is 2.85. The average molecular weight is 215 g/mol. The van der Waals surface area contributed by atoms with E-state index in [0.29, 0.717) is 0 Å². The molecular formula is C11H12Cl2. The van der Waals surface area contributed by atoms with Crippen LogP contribution < -0.4 is 0 Å². The Hall–Kier alpha value is -0.720. The maximum absolute atomic E-state index is 2.20. The minimum absolute atomic E-state index is 0. The first-order valence-electron chi connectivity index (χ1n) is 3.82. The van der Waals surface area contributed by atoms with Gasteiger partial charge in [-0.05, 0) is 17.7 Å². The number of benzene rings is 2. The first kappa shape index (κ1) is 12.3. The van der Waals surface area contributed by atoms with Gasteiger partial charge in [0.05, 0.1) is 0 Å². The van der Waals surface area contributed by atoms with Gasteiger partial charge < -0.3 is 0 Å². The lowest BCUT2D eigenvalue weighted by atomic mass is 10.1. The molecule has 2 rings (SSSR count). The third-order valence-electron chi connectivity index (χ3n) is 1.90. The molecular weight excluding hydrogens is 203 g/mol. The van der Waals surface area contributed by atoms with Crippen LogP contribution in [0.3, 0.4) is 0 Å². The van der Waals surface area contributed by atoms with Crippen LogP contribution in [-0.2, 0) is 0 Å². The first-order valence-corrected chi connectivity index (χ1v) is 3.82. The topological polar surface area (TPSA) is 0 Å². The molecule has 0 N–H and O–H groups in total. The highest BCUT2D eigenvalue weighted by molar-refractivity contribution is 5.85. The molecule has 0 aliphatic heterocycles. The van der Waals surface area contributed by atoms with E-state index in [1.807, 2.05) is 0 Å². The molecule has 2 aromatic rings. The molecule has 2 heteroatoms. The van der Waals surface area contributed by atoms with Crippen molar-refractivity contribution in [2.45, 2.75) is 6.92 Å². The fraction of sp³-hybridized carbons (Fsp3) is 0.0909. The van der Waals surface area contributed by atoms with Crippen molar-refractivity contribution in [2.75, 3.05) is 0 Å². The van der Waals surface area contributed by atoms with Crippen molar-refractivity contribution >= 4 is 35.6 Å². The Kier molecular flexibility index (Phi) is 4.82. The molecule has 0 spiro atoms. The summed E-state index contributed by atoms with van der Waals surface area (Å²) in [6, 6.07) is 14.9. The number of aryl methyl sites for hydroxylation is 1. The van der Waals surface area contributed by atoms with E-state index < -0.39 is 0 Å². The van der Waals surface area contributed by atoms with Gasteiger partial charge in [0.15, 0.2) is 0 Å². The van der Waals surface area contributed by atoms with Gasteiger partial charge in [0.2, 0.25) is 0 Å². The van der Waals surface area contributed by atoms with E-state index in [-0.39, 0.29) is 24.8 Å². The lowest BCUT2D eigenvalue weighted by Gasteiger charge is -1.96. The zero-order valence-electron chi connectivity index (χ0n) is 7.36. The smallest absolute Gasteiger partial charge is 0.0181 e. The molecule has 0 atom stereocenters. The van der Waals surface area contributed by atoms with Gasteiger partial charge in [0.25, 0.3) is 0 Å². The summed E-state index contributed by atoms with van der Waals surface area (Å²) in [4.78, 5) is 0. The second kappa shape index (κ2) is 5.11. The van der Waals surface area contributed by atoms with E-state index in [1.54, 1.807) is 0 Å². The van der Waals surface area contributed by atoms with Crippen molar-refractivity contribution in [3.8, 4) is 0 Å². The molecule has 0 unspecified atom stereocenters. The summed E-state index contributed by atoms with van der Waals surface area (Å²) >= 11 is 0. The van der Waals surface area contributed by atoms with Gasteiger partial charge in [-0.25, -0.2) is 0 Å². The normalized spacial score (nSPS) is 8.69. The summed E-state index contributed by atoms with van der Waals surface area (Å²) in [7, 11) is 0. The number of hydrogen-bond donors (Lipinski definition) is 0. The summed E-state index contributed by atoms with van der Waals surface area (Å²) in [5.74, 6) is 0. The molecule has 0 heterocycles. The van der Waals surface area contributed by atoms with E-state index in [1.165, 1.54) is 16.3 Å².